The van der Waals surface area contributed by atoms with Gasteiger partial charge in [0.05, 0.1) is 25.0 Å². The number of nitrogens with one attached hydrogen (secondary N) is 1. The van der Waals surface area contributed by atoms with E-state index in [1.54, 1.807) is 14.0 Å². The molecule has 4 rings (SSSR count). The molecule has 5 heteroatoms. The number of fused-ring (bicyclic) bond motifs is 2. The van der Waals surface area contributed by atoms with Gasteiger partial charge in [-0.05, 0) is 30.2 Å². The highest BCUT2D eigenvalue weighted by Gasteiger charge is 2.77. The van der Waals surface area contributed by atoms with Gasteiger partial charge in [0.1, 0.15) is 5.75 Å². The molecular weight excluding hydrogens is 318 g/mol. The van der Waals surface area contributed by atoms with Crippen molar-refractivity contribution in [2.75, 3.05) is 19.0 Å². The molecule has 0 bridgehead atoms. The van der Waals surface area contributed by atoms with Gasteiger partial charge >= 0.3 is 5.97 Å². The minimum atomic E-state index is -0.919. The molecule has 1 aliphatic heterocycles. The molecule has 5 nitrogen and oxygen atoms in total. The monoisotopic (exact) mass is 337 g/mol. The lowest BCUT2D eigenvalue weighted by Gasteiger charge is -2.11. The van der Waals surface area contributed by atoms with Gasteiger partial charge in [0.2, 0.25) is 5.91 Å². The lowest BCUT2D eigenvalue weighted by molar-refractivity contribution is -0.146. The Morgan fingerprint density at radius 3 is 2.64 bits per heavy atom. The first-order valence-electron chi connectivity index (χ1n) is 8.36. The van der Waals surface area contributed by atoms with Gasteiger partial charge in [-0.2, -0.15) is 0 Å². The molecule has 2 aliphatic rings. The maximum absolute atomic E-state index is 13.0. The molecule has 1 saturated carbocycles. The number of benzene rings is 2. The summed E-state index contributed by atoms with van der Waals surface area (Å²) in [6.45, 7) is 2.06. The molecule has 2 aromatic carbocycles. The van der Waals surface area contributed by atoms with Crippen LogP contribution in [-0.4, -0.2) is 25.6 Å². The molecule has 0 radical (unpaired) electrons. The topological polar surface area (TPSA) is 64.6 Å². The average Bonchev–Trinajstić information content (AvgIpc) is 3.24. The second kappa shape index (κ2) is 5.62. The van der Waals surface area contributed by atoms with Crippen molar-refractivity contribution in [3.05, 3.63) is 59.7 Å². The smallest absolute Gasteiger partial charge is 0.311 e. The third-order valence-electron chi connectivity index (χ3n) is 5.22. The van der Waals surface area contributed by atoms with Gasteiger partial charge in [0, 0.05) is 11.6 Å². The molecule has 1 aliphatic carbocycles. The summed E-state index contributed by atoms with van der Waals surface area (Å²) in [7, 11) is 1.59. The zero-order valence-corrected chi connectivity index (χ0v) is 14.1. The number of methoxy groups -OCH3 is 1. The molecule has 25 heavy (non-hydrogen) atoms. The number of hydrogen-bond donors (Lipinski definition) is 1. The number of carbonyl (C=O) groups is 2. The van der Waals surface area contributed by atoms with E-state index in [2.05, 4.69) is 5.32 Å². The first-order chi connectivity index (χ1) is 12.2. The predicted octanol–water partition coefficient (Wildman–Crippen LogP) is 2.86. The van der Waals surface area contributed by atoms with Gasteiger partial charge in [0.25, 0.3) is 0 Å². The standard InChI is InChI=1S/C20H19NO4/c1-3-25-18(22)17-16(12-8-4-7-11-15(12)24-2)20(17)13-9-5-6-10-14(13)21-19(20)23/h4-11,16-17H,3H2,1-2H3,(H,21,23)/t16-,17+,20-/m0/s1. The van der Waals surface area contributed by atoms with Crippen molar-refractivity contribution in [1.82, 2.24) is 0 Å². The Labute approximate surface area is 145 Å². The molecule has 0 unspecified atom stereocenters. The number of amides is 1. The number of esters is 1. The van der Waals surface area contributed by atoms with E-state index in [-0.39, 0.29) is 24.4 Å². The Bertz CT molecular complexity index is 862. The Morgan fingerprint density at radius 2 is 1.88 bits per heavy atom. The van der Waals surface area contributed by atoms with Gasteiger partial charge in [-0.3, -0.25) is 9.59 Å². The summed E-state index contributed by atoms with van der Waals surface area (Å²) < 4.78 is 10.8. The van der Waals surface area contributed by atoms with Crippen LogP contribution >= 0.6 is 0 Å². The van der Waals surface area contributed by atoms with E-state index in [4.69, 9.17) is 9.47 Å². The minimum absolute atomic E-state index is 0.150. The lowest BCUT2D eigenvalue weighted by Crippen LogP contribution is -2.25. The fraction of sp³-hybridized carbons (Fsp3) is 0.300. The van der Waals surface area contributed by atoms with Crippen molar-refractivity contribution in [3.8, 4) is 5.75 Å². The van der Waals surface area contributed by atoms with Crippen molar-refractivity contribution >= 4 is 17.6 Å². The molecule has 0 aromatic heterocycles. The Balaban J connectivity index is 1.88. The van der Waals surface area contributed by atoms with E-state index in [1.807, 2.05) is 48.5 Å². The Morgan fingerprint density at radius 1 is 1.16 bits per heavy atom. The quantitative estimate of drug-likeness (QED) is 0.872. The fourth-order valence-electron chi connectivity index (χ4n) is 4.21. The van der Waals surface area contributed by atoms with E-state index in [1.165, 1.54) is 0 Å². The van der Waals surface area contributed by atoms with E-state index in [0.29, 0.717) is 5.75 Å². The van der Waals surface area contributed by atoms with Gasteiger partial charge in [-0.25, -0.2) is 0 Å². The van der Waals surface area contributed by atoms with E-state index in [0.717, 1.165) is 16.8 Å². The van der Waals surface area contributed by atoms with E-state index in [9.17, 15) is 9.59 Å². The van der Waals surface area contributed by atoms with E-state index >= 15 is 0 Å². The highest BCUT2D eigenvalue weighted by atomic mass is 16.5. The number of anilines is 1. The van der Waals surface area contributed by atoms with Crippen LogP contribution in [0.1, 0.15) is 24.0 Å². The summed E-state index contributed by atoms with van der Waals surface area (Å²) in [6.07, 6.45) is 0. The fourth-order valence-corrected chi connectivity index (χ4v) is 4.21. The zero-order valence-electron chi connectivity index (χ0n) is 14.1. The van der Waals surface area contributed by atoms with Crippen LogP contribution in [0, 0.1) is 5.92 Å². The SMILES string of the molecule is CCOC(=O)[C@H]1[C@H](c2ccccc2OC)[C@]12C(=O)Nc1ccccc12. The van der Waals surface area contributed by atoms with Crippen molar-refractivity contribution < 1.29 is 19.1 Å². The first kappa shape index (κ1) is 15.7. The van der Waals surface area contributed by atoms with Crippen LogP contribution in [0.2, 0.25) is 0 Å². The molecule has 0 saturated heterocycles. The number of rotatable bonds is 4. The maximum Gasteiger partial charge on any atom is 0.311 e. The van der Waals surface area contributed by atoms with Crippen LogP contribution in [-0.2, 0) is 19.7 Å². The third-order valence-corrected chi connectivity index (χ3v) is 5.22. The Hall–Kier alpha value is -2.82. The van der Waals surface area contributed by atoms with Crippen molar-refractivity contribution in [3.63, 3.8) is 0 Å². The van der Waals surface area contributed by atoms with Crippen LogP contribution in [0.25, 0.3) is 0 Å². The summed E-state index contributed by atoms with van der Waals surface area (Å²) >= 11 is 0. The number of para-hydroxylation sites is 2. The molecule has 1 spiro atoms. The number of carbonyl (C=O) groups excluding carboxylic acids is 2. The summed E-state index contributed by atoms with van der Waals surface area (Å²) in [4.78, 5) is 25.6. The summed E-state index contributed by atoms with van der Waals surface area (Å²) in [5.41, 5.74) is 1.56. The Kier molecular flexibility index (Phi) is 3.53. The summed E-state index contributed by atoms with van der Waals surface area (Å²) in [5.74, 6) is -0.664. The predicted molar refractivity (Wildman–Crippen MR) is 92.6 cm³/mol. The van der Waals surface area contributed by atoms with Crippen molar-refractivity contribution in [2.45, 2.75) is 18.3 Å². The van der Waals surface area contributed by atoms with Crippen LogP contribution in [0.3, 0.4) is 0 Å². The summed E-state index contributed by atoms with van der Waals surface area (Å²) in [5, 5.41) is 2.93. The minimum Gasteiger partial charge on any atom is -0.496 e. The lowest BCUT2D eigenvalue weighted by atomic mass is 9.91. The van der Waals surface area contributed by atoms with Crippen molar-refractivity contribution in [2.24, 2.45) is 5.92 Å². The molecule has 1 heterocycles. The van der Waals surface area contributed by atoms with Gasteiger partial charge < -0.3 is 14.8 Å². The molecule has 3 atom stereocenters. The second-order valence-electron chi connectivity index (χ2n) is 6.32. The van der Waals surface area contributed by atoms with Gasteiger partial charge in [-0.15, -0.1) is 0 Å². The normalized spacial score (nSPS) is 26.1. The number of ether oxygens (including phenoxy) is 2. The van der Waals surface area contributed by atoms with Crippen LogP contribution in [0.5, 0.6) is 5.75 Å². The van der Waals surface area contributed by atoms with Crippen LogP contribution in [0.4, 0.5) is 5.69 Å². The maximum atomic E-state index is 13.0. The molecular formula is C20H19NO4. The van der Waals surface area contributed by atoms with Crippen molar-refractivity contribution in [1.29, 1.82) is 0 Å². The largest absolute Gasteiger partial charge is 0.496 e. The molecule has 1 fully saturated rings. The molecule has 2 aromatic rings. The summed E-state index contributed by atoms with van der Waals surface area (Å²) in [6, 6.07) is 15.1. The molecule has 1 N–H and O–H groups in total. The highest BCUT2D eigenvalue weighted by molar-refractivity contribution is 6.14. The van der Waals surface area contributed by atoms with Gasteiger partial charge in [-0.1, -0.05) is 36.4 Å². The second-order valence-corrected chi connectivity index (χ2v) is 6.32. The average molecular weight is 337 g/mol. The van der Waals surface area contributed by atoms with E-state index < -0.39 is 11.3 Å². The molecule has 1 amide bonds. The van der Waals surface area contributed by atoms with Gasteiger partial charge in [0.15, 0.2) is 0 Å². The van der Waals surface area contributed by atoms with Crippen LogP contribution < -0.4 is 10.1 Å². The van der Waals surface area contributed by atoms with Crippen LogP contribution in [0.15, 0.2) is 48.5 Å². The third kappa shape index (κ3) is 2.02. The highest BCUT2D eigenvalue weighted by Crippen LogP contribution is 2.70. The zero-order chi connectivity index (χ0) is 17.6. The number of hydrogen-bond acceptors (Lipinski definition) is 4. The molecule has 128 valence electrons. The first-order valence-corrected chi connectivity index (χ1v) is 8.36.